The Labute approximate surface area is 110 Å². The Bertz CT molecular complexity index is 614. The van der Waals surface area contributed by atoms with Gasteiger partial charge in [-0.1, -0.05) is 0 Å². The molecular weight excluding hydrogens is 272 g/mol. The number of benzene rings is 1. The summed E-state index contributed by atoms with van der Waals surface area (Å²) in [6.07, 6.45) is -0.291. The van der Waals surface area contributed by atoms with Crippen LogP contribution in [-0.2, 0) is 10.0 Å². The third-order valence-corrected chi connectivity index (χ3v) is 4.94. The second kappa shape index (κ2) is 4.80. The zero-order valence-electron chi connectivity index (χ0n) is 9.98. The van der Waals surface area contributed by atoms with E-state index < -0.39 is 22.1 Å². The molecule has 2 rings (SSSR count). The van der Waals surface area contributed by atoms with Crippen LogP contribution in [-0.4, -0.2) is 48.1 Å². The van der Waals surface area contributed by atoms with Crippen molar-refractivity contribution in [3.63, 3.8) is 0 Å². The Balaban J connectivity index is 2.38. The summed E-state index contributed by atoms with van der Waals surface area (Å²) in [6.45, 7) is 0.256. The first kappa shape index (κ1) is 13.8. The Hall–Kier alpha value is -1.64. The maximum Gasteiger partial charge on any atom is 0.335 e. The Morgan fingerprint density at radius 2 is 2.11 bits per heavy atom. The molecule has 1 fully saturated rings. The van der Waals surface area contributed by atoms with Crippen molar-refractivity contribution in [3.8, 4) is 0 Å². The van der Waals surface area contributed by atoms with E-state index >= 15 is 0 Å². The Morgan fingerprint density at radius 1 is 1.42 bits per heavy atom. The molecule has 0 bridgehead atoms. The second-order valence-corrected chi connectivity index (χ2v) is 6.27. The van der Waals surface area contributed by atoms with Crippen molar-refractivity contribution >= 4 is 21.7 Å². The molecular formula is C11H14N2O5S. The number of β-amino-alcohol motifs (C(OH)–C–C–N with tert-alkyl or cyclic N) is 1. The maximum atomic E-state index is 12.3. The molecule has 1 heterocycles. The van der Waals surface area contributed by atoms with Crippen molar-refractivity contribution in [3.05, 3.63) is 23.8 Å². The minimum atomic E-state index is -3.79. The van der Waals surface area contributed by atoms with E-state index in [1.165, 1.54) is 12.1 Å². The topological polar surface area (TPSA) is 121 Å². The number of sulfonamides is 1. The molecule has 1 aromatic rings. The molecule has 0 aliphatic carbocycles. The van der Waals surface area contributed by atoms with Crippen LogP contribution in [0.3, 0.4) is 0 Å². The van der Waals surface area contributed by atoms with Crippen molar-refractivity contribution in [2.75, 3.05) is 18.8 Å². The standard InChI is InChI=1S/C11H14N2O5S/c12-9-5-7(11(15)16)1-2-10(9)19(17,18)13-4-3-8(14)6-13/h1-2,5,8,14H,3-4,6,12H2,(H,15,16). The molecule has 0 spiro atoms. The minimum Gasteiger partial charge on any atom is -0.478 e. The van der Waals surface area contributed by atoms with E-state index in [0.29, 0.717) is 6.42 Å². The SMILES string of the molecule is Nc1cc(C(=O)O)ccc1S(=O)(=O)N1CCC(O)C1. The average Bonchev–Trinajstić information content (AvgIpc) is 2.76. The van der Waals surface area contributed by atoms with Gasteiger partial charge in [-0.05, 0) is 24.6 Å². The number of aromatic carboxylic acids is 1. The number of nitrogens with two attached hydrogens (primary N) is 1. The Kier molecular flexibility index (Phi) is 3.48. The molecule has 1 aliphatic heterocycles. The van der Waals surface area contributed by atoms with Crippen molar-refractivity contribution in [1.82, 2.24) is 4.31 Å². The molecule has 1 aliphatic rings. The number of carboxylic acids is 1. The fraction of sp³-hybridized carbons (Fsp3) is 0.364. The van der Waals surface area contributed by atoms with Crippen LogP contribution in [0.15, 0.2) is 23.1 Å². The number of carboxylic acid groups (broad SMARTS) is 1. The summed E-state index contributed by atoms with van der Waals surface area (Å²) in [5.41, 5.74) is 5.43. The lowest BCUT2D eigenvalue weighted by Gasteiger charge is -2.17. The minimum absolute atomic E-state index is 0.0302. The Morgan fingerprint density at radius 3 is 2.58 bits per heavy atom. The summed E-state index contributed by atoms with van der Waals surface area (Å²) in [5, 5.41) is 18.2. The predicted octanol–water partition coefficient (Wildman–Crippen LogP) is -0.278. The van der Waals surface area contributed by atoms with E-state index in [9.17, 15) is 18.3 Å². The lowest BCUT2D eigenvalue weighted by Crippen LogP contribution is -2.30. The van der Waals surface area contributed by atoms with Crippen molar-refractivity contribution in [2.24, 2.45) is 0 Å². The van der Waals surface area contributed by atoms with Gasteiger partial charge in [-0.15, -0.1) is 0 Å². The number of nitrogens with zero attached hydrogens (tertiary/aromatic N) is 1. The van der Waals surface area contributed by atoms with E-state index in [4.69, 9.17) is 10.8 Å². The average molecular weight is 286 g/mol. The smallest absolute Gasteiger partial charge is 0.335 e. The van der Waals surface area contributed by atoms with Gasteiger partial charge in [-0.2, -0.15) is 4.31 Å². The number of rotatable bonds is 3. The van der Waals surface area contributed by atoms with Crippen molar-refractivity contribution in [1.29, 1.82) is 0 Å². The highest BCUT2D eigenvalue weighted by molar-refractivity contribution is 7.89. The van der Waals surface area contributed by atoms with Gasteiger partial charge in [0.2, 0.25) is 10.0 Å². The molecule has 0 aromatic heterocycles. The molecule has 1 saturated heterocycles. The number of nitrogen functional groups attached to an aromatic ring is 1. The van der Waals surface area contributed by atoms with Gasteiger partial charge in [0.05, 0.1) is 17.4 Å². The fourth-order valence-electron chi connectivity index (χ4n) is 1.98. The van der Waals surface area contributed by atoms with Crippen molar-refractivity contribution < 1.29 is 23.4 Å². The maximum absolute atomic E-state index is 12.3. The van der Waals surface area contributed by atoms with E-state index in [0.717, 1.165) is 10.4 Å². The molecule has 19 heavy (non-hydrogen) atoms. The van der Waals surface area contributed by atoms with Crippen LogP contribution in [0.25, 0.3) is 0 Å². The van der Waals surface area contributed by atoms with Gasteiger partial charge in [-0.3, -0.25) is 0 Å². The number of hydrogen-bond acceptors (Lipinski definition) is 5. The predicted molar refractivity (Wildman–Crippen MR) is 67.2 cm³/mol. The monoisotopic (exact) mass is 286 g/mol. The normalized spacial score (nSPS) is 20.6. The molecule has 0 saturated carbocycles. The number of aliphatic hydroxyl groups is 1. The van der Waals surface area contributed by atoms with Gasteiger partial charge < -0.3 is 15.9 Å². The molecule has 4 N–H and O–H groups in total. The van der Waals surface area contributed by atoms with Crippen LogP contribution in [0, 0.1) is 0 Å². The zero-order chi connectivity index (χ0) is 14.2. The second-order valence-electron chi connectivity index (χ2n) is 4.36. The number of carbonyl (C=O) groups is 1. The first-order valence-corrected chi connectivity index (χ1v) is 7.07. The van der Waals surface area contributed by atoms with E-state index in [2.05, 4.69) is 0 Å². The molecule has 7 nitrogen and oxygen atoms in total. The summed E-state index contributed by atoms with van der Waals surface area (Å²) >= 11 is 0. The van der Waals surface area contributed by atoms with Gasteiger partial charge in [0.1, 0.15) is 4.90 Å². The van der Waals surface area contributed by atoms with Crippen LogP contribution < -0.4 is 5.73 Å². The molecule has 0 amide bonds. The van der Waals surface area contributed by atoms with E-state index in [-0.39, 0.29) is 29.2 Å². The molecule has 1 atom stereocenters. The summed E-state index contributed by atoms with van der Waals surface area (Å²) in [6, 6.07) is 3.48. The lowest BCUT2D eigenvalue weighted by atomic mass is 10.2. The highest BCUT2D eigenvalue weighted by Crippen LogP contribution is 2.26. The third kappa shape index (κ3) is 2.55. The van der Waals surface area contributed by atoms with Crippen molar-refractivity contribution in [2.45, 2.75) is 17.4 Å². The van der Waals surface area contributed by atoms with Gasteiger partial charge >= 0.3 is 5.97 Å². The van der Waals surface area contributed by atoms with Crippen LogP contribution in [0.4, 0.5) is 5.69 Å². The first-order chi connectivity index (χ1) is 8.82. The summed E-state index contributed by atoms with van der Waals surface area (Å²) in [4.78, 5) is 10.6. The van der Waals surface area contributed by atoms with Crippen LogP contribution >= 0.6 is 0 Å². The number of hydrogen-bond donors (Lipinski definition) is 3. The number of anilines is 1. The van der Waals surface area contributed by atoms with E-state index in [1.807, 2.05) is 0 Å². The summed E-state index contributed by atoms with van der Waals surface area (Å²) in [5.74, 6) is -1.17. The van der Waals surface area contributed by atoms with E-state index in [1.54, 1.807) is 0 Å². The van der Waals surface area contributed by atoms with Crippen LogP contribution in [0.5, 0.6) is 0 Å². The lowest BCUT2D eigenvalue weighted by molar-refractivity contribution is 0.0697. The van der Waals surface area contributed by atoms with Gasteiger partial charge in [-0.25, -0.2) is 13.2 Å². The molecule has 0 radical (unpaired) electrons. The molecule has 1 unspecified atom stereocenters. The van der Waals surface area contributed by atoms with Crippen LogP contribution in [0.2, 0.25) is 0 Å². The number of aliphatic hydroxyl groups excluding tert-OH is 1. The van der Waals surface area contributed by atoms with Gasteiger partial charge in [0, 0.05) is 13.1 Å². The zero-order valence-corrected chi connectivity index (χ0v) is 10.8. The summed E-state index contributed by atoms with van der Waals surface area (Å²) in [7, 11) is -3.79. The fourth-order valence-corrected chi connectivity index (χ4v) is 3.57. The largest absolute Gasteiger partial charge is 0.478 e. The quantitative estimate of drug-likeness (QED) is 0.657. The third-order valence-electron chi connectivity index (χ3n) is 3.00. The highest BCUT2D eigenvalue weighted by Gasteiger charge is 2.32. The molecule has 104 valence electrons. The summed E-state index contributed by atoms with van der Waals surface area (Å²) < 4.78 is 25.7. The molecule has 8 heteroatoms. The van der Waals surface area contributed by atoms with Crippen LogP contribution in [0.1, 0.15) is 16.8 Å². The first-order valence-electron chi connectivity index (χ1n) is 5.63. The molecule has 1 aromatic carbocycles. The van der Waals surface area contributed by atoms with Gasteiger partial charge in [0.25, 0.3) is 0 Å². The highest BCUT2D eigenvalue weighted by atomic mass is 32.2. The van der Waals surface area contributed by atoms with Gasteiger partial charge in [0.15, 0.2) is 0 Å².